The van der Waals surface area contributed by atoms with Gasteiger partial charge in [-0.2, -0.15) is 10.1 Å². The first-order valence-electron chi connectivity index (χ1n) is 11.9. The average Bonchev–Trinajstić information content (AvgIpc) is 2.50. The summed E-state index contributed by atoms with van der Waals surface area (Å²) in [7, 11) is 0. The number of hydrogen-bond donors (Lipinski definition) is 1. The number of hydroxylamine groups is 4. The molecule has 0 aromatic rings. The summed E-state index contributed by atoms with van der Waals surface area (Å²) in [5.74, 6) is 0. The highest BCUT2D eigenvalue weighted by Gasteiger charge is 2.50. The molecule has 0 bridgehead atoms. The summed E-state index contributed by atoms with van der Waals surface area (Å²) < 4.78 is 0. The molecular formula is C24H49N3O2. The molecule has 0 unspecified atom stereocenters. The van der Waals surface area contributed by atoms with Gasteiger partial charge in [-0.1, -0.05) is 13.8 Å². The fourth-order valence-corrected chi connectivity index (χ4v) is 6.16. The van der Waals surface area contributed by atoms with Crippen molar-refractivity contribution in [3.8, 4) is 0 Å². The van der Waals surface area contributed by atoms with Gasteiger partial charge >= 0.3 is 0 Å². The van der Waals surface area contributed by atoms with E-state index < -0.39 is 0 Å². The Morgan fingerprint density at radius 3 is 1.14 bits per heavy atom. The Morgan fingerprint density at radius 1 is 0.621 bits per heavy atom. The van der Waals surface area contributed by atoms with Crippen LogP contribution in [0.3, 0.4) is 0 Å². The summed E-state index contributed by atoms with van der Waals surface area (Å²) >= 11 is 0. The number of rotatable bonds is 8. The molecule has 0 atom stereocenters. The number of nitrogens with zero attached hydrogens (tertiary/aromatic N) is 2. The summed E-state index contributed by atoms with van der Waals surface area (Å²) in [5.41, 5.74) is 0.0737. The number of piperidine rings is 2. The SMILES string of the molecule is CCCON1C(C)(C)CC(NC2CC(C)(C)N(OCCC)C(C)(C)C2)CC1(C)C. The lowest BCUT2D eigenvalue weighted by molar-refractivity contribution is -0.289. The molecule has 2 rings (SSSR count). The van der Waals surface area contributed by atoms with Gasteiger partial charge in [-0.3, -0.25) is 9.68 Å². The van der Waals surface area contributed by atoms with Gasteiger partial charge in [0.25, 0.3) is 0 Å². The van der Waals surface area contributed by atoms with Gasteiger partial charge < -0.3 is 5.32 Å². The monoisotopic (exact) mass is 411 g/mol. The van der Waals surface area contributed by atoms with Crippen LogP contribution in [0.15, 0.2) is 0 Å². The van der Waals surface area contributed by atoms with Crippen molar-refractivity contribution in [2.24, 2.45) is 0 Å². The minimum atomic E-state index is 0.0184. The van der Waals surface area contributed by atoms with Gasteiger partial charge in [0.2, 0.25) is 0 Å². The summed E-state index contributed by atoms with van der Waals surface area (Å²) in [4.78, 5) is 12.4. The molecule has 0 radical (unpaired) electrons. The highest BCUT2D eigenvalue weighted by Crippen LogP contribution is 2.42. The van der Waals surface area contributed by atoms with E-state index in [9.17, 15) is 0 Å². The summed E-state index contributed by atoms with van der Waals surface area (Å²) in [6, 6.07) is 1.00. The van der Waals surface area contributed by atoms with Crippen LogP contribution in [0.5, 0.6) is 0 Å². The number of hydrogen-bond acceptors (Lipinski definition) is 5. The highest BCUT2D eigenvalue weighted by molar-refractivity contribution is 5.04. The lowest BCUT2D eigenvalue weighted by atomic mass is 9.76. The van der Waals surface area contributed by atoms with Gasteiger partial charge in [0.05, 0.1) is 13.2 Å². The quantitative estimate of drug-likeness (QED) is 0.586. The van der Waals surface area contributed by atoms with Crippen LogP contribution in [-0.2, 0) is 9.68 Å². The van der Waals surface area contributed by atoms with E-state index >= 15 is 0 Å². The van der Waals surface area contributed by atoms with Crippen molar-refractivity contribution < 1.29 is 9.68 Å². The second-order valence-electron chi connectivity index (χ2n) is 11.9. The lowest BCUT2D eigenvalue weighted by Crippen LogP contribution is -2.67. The lowest BCUT2D eigenvalue weighted by Gasteiger charge is -2.57. The molecule has 172 valence electrons. The third-order valence-corrected chi connectivity index (χ3v) is 6.50. The molecule has 2 fully saturated rings. The largest absolute Gasteiger partial charge is 0.311 e. The predicted molar refractivity (Wildman–Crippen MR) is 122 cm³/mol. The Kier molecular flexibility index (Phi) is 7.88. The molecule has 2 heterocycles. The minimum absolute atomic E-state index is 0.0184. The average molecular weight is 412 g/mol. The maximum atomic E-state index is 6.20. The third-order valence-electron chi connectivity index (χ3n) is 6.50. The molecule has 0 spiro atoms. The van der Waals surface area contributed by atoms with Gasteiger partial charge in [0.1, 0.15) is 0 Å². The second-order valence-corrected chi connectivity index (χ2v) is 11.9. The van der Waals surface area contributed by atoms with E-state index in [1.807, 2.05) is 0 Å². The summed E-state index contributed by atoms with van der Waals surface area (Å²) in [6.45, 7) is 24.6. The van der Waals surface area contributed by atoms with Gasteiger partial charge in [-0.15, -0.1) is 0 Å². The van der Waals surface area contributed by atoms with Crippen LogP contribution < -0.4 is 5.32 Å². The van der Waals surface area contributed by atoms with Crippen molar-refractivity contribution in [1.82, 2.24) is 15.4 Å². The van der Waals surface area contributed by atoms with E-state index in [4.69, 9.17) is 9.68 Å². The zero-order valence-corrected chi connectivity index (χ0v) is 21.0. The van der Waals surface area contributed by atoms with Gasteiger partial charge in [-0.25, -0.2) is 0 Å². The zero-order valence-electron chi connectivity index (χ0n) is 21.0. The van der Waals surface area contributed by atoms with Crippen molar-refractivity contribution >= 4 is 0 Å². The van der Waals surface area contributed by atoms with Crippen molar-refractivity contribution in [2.75, 3.05) is 13.2 Å². The zero-order chi connectivity index (χ0) is 22.1. The van der Waals surface area contributed by atoms with Crippen LogP contribution in [0, 0.1) is 0 Å². The molecule has 0 aliphatic carbocycles. The second kappa shape index (κ2) is 9.12. The Labute approximate surface area is 180 Å². The molecule has 29 heavy (non-hydrogen) atoms. The van der Waals surface area contributed by atoms with Crippen LogP contribution in [0.25, 0.3) is 0 Å². The maximum Gasteiger partial charge on any atom is 0.0683 e. The van der Waals surface area contributed by atoms with Crippen LogP contribution in [0.1, 0.15) is 108 Å². The Balaban J connectivity index is 2.09. The van der Waals surface area contributed by atoms with Crippen LogP contribution in [0.4, 0.5) is 0 Å². The van der Waals surface area contributed by atoms with E-state index in [2.05, 4.69) is 84.7 Å². The molecule has 2 aliphatic heterocycles. The van der Waals surface area contributed by atoms with Gasteiger partial charge in [-0.05, 0) is 93.9 Å². The predicted octanol–water partition coefficient (Wildman–Crippen LogP) is 5.30. The normalized spacial score (nSPS) is 27.9. The van der Waals surface area contributed by atoms with Crippen molar-refractivity contribution in [1.29, 1.82) is 0 Å². The first-order valence-corrected chi connectivity index (χ1v) is 11.9. The van der Waals surface area contributed by atoms with Gasteiger partial charge in [0.15, 0.2) is 0 Å². The molecule has 0 aromatic heterocycles. The minimum Gasteiger partial charge on any atom is -0.311 e. The van der Waals surface area contributed by atoms with E-state index in [0.29, 0.717) is 12.1 Å². The molecule has 5 heteroatoms. The molecule has 2 saturated heterocycles. The fraction of sp³-hybridized carbons (Fsp3) is 1.00. The molecule has 0 saturated carbocycles. The topological polar surface area (TPSA) is 37.0 Å². The first-order chi connectivity index (χ1) is 13.2. The molecule has 0 aromatic carbocycles. The Hall–Kier alpha value is -0.200. The molecule has 2 aliphatic rings. The number of nitrogens with one attached hydrogen (secondary N) is 1. The summed E-state index contributed by atoms with van der Waals surface area (Å²) in [6.07, 6.45) is 6.52. The van der Waals surface area contributed by atoms with E-state index in [1.54, 1.807) is 0 Å². The molecule has 1 N–H and O–H groups in total. The van der Waals surface area contributed by atoms with Crippen LogP contribution in [0.2, 0.25) is 0 Å². The molecular weight excluding hydrogens is 362 g/mol. The fourth-order valence-electron chi connectivity index (χ4n) is 6.16. The van der Waals surface area contributed by atoms with E-state index in [1.165, 1.54) is 0 Å². The molecule has 0 amide bonds. The maximum absolute atomic E-state index is 6.20. The standard InChI is InChI=1S/C24H49N3O2/c1-11-13-28-26-21(3,4)15-19(16-22(26,5)6)25-20-17-23(7,8)27(29-14-12-2)24(9,10)18-20/h19-20,25H,11-18H2,1-10H3. The van der Waals surface area contributed by atoms with E-state index in [0.717, 1.165) is 51.7 Å². The third kappa shape index (κ3) is 5.94. The Bertz CT molecular complexity index is 448. The van der Waals surface area contributed by atoms with Crippen molar-refractivity contribution in [3.05, 3.63) is 0 Å². The van der Waals surface area contributed by atoms with E-state index in [-0.39, 0.29) is 22.2 Å². The van der Waals surface area contributed by atoms with Crippen LogP contribution >= 0.6 is 0 Å². The van der Waals surface area contributed by atoms with Crippen LogP contribution in [-0.4, -0.2) is 57.6 Å². The smallest absolute Gasteiger partial charge is 0.0683 e. The van der Waals surface area contributed by atoms with Gasteiger partial charge in [0, 0.05) is 34.2 Å². The Morgan fingerprint density at radius 2 is 0.897 bits per heavy atom. The highest BCUT2D eigenvalue weighted by atomic mass is 16.7. The van der Waals surface area contributed by atoms with Crippen molar-refractivity contribution in [3.63, 3.8) is 0 Å². The summed E-state index contributed by atoms with van der Waals surface area (Å²) in [5, 5.41) is 8.62. The van der Waals surface area contributed by atoms with Crippen molar-refractivity contribution in [2.45, 2.75) is 142 Å². The molecule has 5 nitrogen and oxygen atoms in total. The first kappa shape index (κ1) is 25.1.